The fourth-order valence-corrected chi connectivity index (χ4v) is 1.70. The van der Waals surface area contributed by atoms with Gasteiger partial charge in [-0.3, -0.25) is 4.68 Å². The van der Waals surface area contributed by atoms with Gasteiger partial charge in [0.25, 0.3) is 0 Å². The Bertz CT molecular complexity index is 470. The molecule has 16 heavy (non-hydrogen) atoms. The minimum Gasteiger partial charge on any atom is -0.381 e. The Kier molecular flexibility index (Phi) is 3.56. The van der Waals surface area contributed by atoms with Gasteiger partial charge in [0.05, 0.1) is 22.9 Å². The van der Waals surface area contributed by atoms with Crippen molar-refractivity contribution in [2.75, 3.05) is 11.9 Å². The number of para-hydroxylation sites is 1. The molecule has 2 aromatic rings. The molecular weight excluding hydrogens is 273 g/mol. The molecule has 0 spiro atoms. The van der Waals surface area contributed by atoms with Gasteiger partial charge in [-0.1, -0.05) is 12.1 Å². The van der Waals surface area contributed by atoms with E-state index in [0.717, 1.165) is 4.47 Å². The summed E-state index contributed by atoms with van der Waals surface area (Å²) < 4.78 is 16.0. The van der Waals surface area contributed by atoms with Crippen LogP contribution < -0.4 is 5.32 Å². The number of halogens is 2. The van der Waals surface area contributed by atoms with E-state index in [0.29, 0.717) is 18.8 Å². The van der Waals surface area contributed by atoms with Gasteiger partial charge in [0.2, 0.25) is 0 Å². The van der Waals surface area contributed by atoms with E-state index < -0.39 is 0 Å². The largest absolute Gasteiger partial charge is 0.381 e. The number of rotatable bonds is 4. The molecule has 0 saturated heterocycles. The van der Waals surface area contributed by atoms with Gasteiger partial charge in [0.15, 0.2) is 0 Å². The van der Waals surface area contributed by atoms with E-state index in [2.05, 4.69) is 26.3 Å². The lowest BCUT2D eigenvalue weighted by atomic mass is 10.3. The third-order valence-electron chi connectivity index (χ3n) is 2.13. The molecule has 0 fully saturated rings. The highest BCUT2D eigenvalue weighted by Crippen LogP contribution is 2.12. The summed E-state index contributed by atoms with van der Waals surface area (Å²) in [5, 5.41) is 7.12. The lowest BCUT2D eigenvalue weighted by molar-refractivity contribution is 0.617. The van der Waals surface area contributed by atoms with Gasteiger partial charge in [-0.2, -0.15) is 5.10 Å². The first-order chi connectivity index (χ1) is 7.75. The highest BCUT2D eigenvalue weighted by molar-refractivity contribution is 9.10. The topological polar surface area (TPSA) is 29.9 Å². The van der Waals surface area contributed by atoms with E-state index >= 15 is 0 Å². The quantitative estimate of drug-likeness (QED) is 0.935. The van der Waals surface area contributed by atoms with Crippen molar-refractivity contribution < 1.29 is 4.39 Å². The van der Waals surface area contributed by atoms with E-state index in [9.17, 15) is 4.39 Å². The van der Waals surface area contributed by atoms with Crippen molar-refractivity contribution in [3.05, 3.63) is 46.9 Å². The molecule has 5 heteroatoms. The van der Waals surface area contributed by atoms with Crippen LogP contribution in [-0.2, 0) is 6.54 Å². The van der Waals surface area contributed by atoms with Crippen LogP contribution in [0.5, 0.6) is 0 Å². The van der Waals surface area contributed by atoms with Crippen LogP contribution in [0, 0.1) is 5.82 Å². The monoisotopic (exact) mass is 283 g/mol. The van der Waals surface area contributed by atoms with Crippen LogP contribution in [0.1, 0.15) is 0 Å². The SMILES string of the molecule is Fc1ccccc1NCCn1cc(Br)cn1. The zero-order valence-corrected chi connectivity index (χ0v) is 10.1. The first kappa shape index (κ1) is 11.1. The molecule has 3 nitrogen and oxygen atoms in total. The molecular formula is C11H11BrFN3. The molecule has 0 aliphatic carbocycles. The molecule has 0 unspecified atom stereocenters. The molecule has 84 valence electrons. The summed E-state index contributed by atoms with van der Waals surface area (Å²) in [6.07, 6.45) is 3.60. The fraction of sp³-hybridized carbons (Fsp3) is 0.182. The summed E-state index contributed by atoms with van der Waals surface area (Å²) in [5.41, 5.74) is 0.522. The molecule has 1 heterocycles. The van der Waals surface area contributed by atoms with Gasteiger partial charge in [-0.25, -0.2) is 4.39 Å². The first-order valence-corrected chi connectivity index (χ1v) is 5.71. The van der Waals surface area contributed by atoms with Crippen molar-refractivity contribution in [2.24, 2.45) is 0 Å². The van der Waals surface area contributed by atoms with Crippen molar-refractivity contribution in [3.8, 4) is 0 Å². The maximum absolute atomic E-state index is 13.2. The zero-order valence-electron chi connectivity index (χ0n) is 8.53. The molecule has 0 aliphatic heterocycles. The van der Waals surface area contributed by atoms with E-state index in [1.165, 1.54) is 6.07 Å². The third kappa shape index (κ3) is 2.82. The third-order valence-corrected chi connectivity index (χ3v) is 2.54. The second-order valence-corrected chi connectivity index (χ2v) is 4.24. The van der Waals surface area contributed by atoms with E-state index in [1.807, 2.05) is 6.20 Å². The van der Waals surface area contributed by atoms with Crippen LogP contribution in [0.4, 0.5) is 10.1 Å². The molecule has 0 atom stereocenters. The minimum absolute atomic E-state index is 0.232. The Labute approximate surface area is 101 Å². The number of aromatic nitrogens is 2. The maximum Gasteiger partial charge on any atom is 0.146 e. The number of nitrogens with zero attached hydrogens (tertiary/aromatic N) is 2. The first-order valence-electron chi connectivity index (χ1n) is 4.92. The van der Waals surface area contributed by atoms with Crippen LogP contribution in [0.25, 0.3) is 0 Å². The number of hydrogen-bond donors (Lipinski definition) is 1. The molecule has 0 bridgehead atoms. The lowest BCUT2D eigenvalue weighted by Gasteiger charge is -2.06. The van der Waals surface area contributed by atoms with Crippen LogP contribution in [0.3, 0.4) is 0 Å². The molecule has 1 aromatic heterocycles. The Morgan fingerprint density at radius 3 is 2.88 bits per heavy atom. The smallest absolute Gasteiger partial charge is 0.146 e. The average molecular weight is 284 g/mol. The number of anilines is 1. The fourth-order valence-electron chi connectivity index (χ4n) is 1.37. The standard InChI is InChI=1S/C11H11BrFN3/c12-9-7-15-16(8-9)6-5-14-11-4-2-1-3-10(11)13/h1-4,7-8,14H,5-6H2. The predicted molar refractivity (Wildman–Crippen MR) is 64.8 cm³/mol. The van der Waals surface area contributed by atoms with Gasteiger partial charge in [-0.15, -0.1) is 0 Å². The average Bonchev–Trinajstić information content (AvgIpc) is 2.67. The van der Waals surface area contributed by atoms with E-state index in [4.69, 9.17) is 0 Å². The second-order valence-electron chi connectivity index (χ2n) is 3.33. The van der Waals surface area contributed by atoms with Crippen molar-refractivity contribution in [1.82, 2.24) is 9.78 Å². The molecule has 0 radical (unpaired) electrons. The van der Waals surface area contributed by atoms with Gasteiger partial charge in [0, 0.05) is 12.7 Å². The Morgan fingerprint density at radius 1 is 1.38 bits per heavy atom. The summed E-state index contributed by atoms with van der Waals surface area (Å²) in [7, 11) is 0. The highest BCUT2D eigenvalue weighted by atomic mass is 79.9. The van der Waals surface area contributed by atoms with Crippen molar-refractivity contribution >= 4 is 21.6 Å². The summed E-state index contributed by atoms with van der Waals surface area (Å²) >= 11 is 3.32. The second kappa shape index (κ2) is 5.12. The Morgan fingerprint density at radius 2 is 2.19 bits per heavy atom. The predicted octanol–water partition coefficient (Wildman–Crippen LogP) is 2.90. The number of nitrogens with one attached hydrogen (secondary N) is 1. The van der Waals surface area contributed by atoms with Gasteiger partial charge in [0.1, 0.15) is 5.82 Å². The molecule has 1 N–H and O–H groups in total. The van der Waals surface area contributed by atoms with Crippen LogP contribution in [0.2, 0.25) is 0 Å². The molecule has 2 rings (SSSR count). The molecule has 0 aliphatic rings. The molecule has 0 amide bonds. The van der Waals surface area contributed by atoms with Crippen LogP contribution >= 0.6 is 15.9 Å². The van der Waals surface area contributed by atoms with Gasteiger partial charge in [-0.05, 0) is 28.1 Å². The van der Waals surface area contributed by atoms with Crippen molar-refractivity contribution in [3.63, 3.8) is 0 Å². The van der Waals surface area contributed by atoms with Crippen molar-refractivity contribution in [1.29, 1.82) is 0 Å². The summed E-state index contributed by atoms with van der Waals surface area (Å²) in [6.45, 7) is 1.33. The summed E-state index contributed by atoms with van der Waals surface area (Å²) in [4.78, 5) is 0. The van der Waals surface area contributed by atoms with Crippen LogP contribution in [-0.4, -0.2) is 16.3 Å². The van der Waals surface area contributed by atoms with Crippen molar-refractivity contribution in [2.45, 2.75) is 6.54 Å². The number of benzene rings is 1. The minimum atomic E-state index is -0.232. The van der Waals surface area contributed by atoms with Gasteiger partial charge >= 0.3 is 0 Å². The highest BCUT2D eigenvalue weighted by Gasteiger charge is 1.99. The molecule has 0 saturated carbocycles. The maximum atomic E-state index is 13.2. The van der Waals surface area contributed by atoms with E-state index in [-0.39, 0.29) is 5.82 Å². The normalized spacial score (nSPS) is 10.4. The van der Waals surface area contributed by atoms with Crippen LogP contribution in [0.15, 0.2) is 41.1 Å². The molecule has 1 aromatic carbocycles. The Hall–Kier alpha value is -1.36. The van der Waals surface area contributed by atoms with Gasteiger partial charge < -0.3 is 5.32 Å². The lowest BCUT2D eigenvalue weighted by Crippen LogP contribution is -2.11. The number of hydrogen-bond acceptors (Lipinski definition) is 2. The zero-order chi connectivity index (χ0) is 11.4. The Balaban J connectivity index is 1.87. The van der Waals surface area contributed by atoms with E-state index in [1.54, 1.807) is 29.1 Å². The summed E-state index contributed by atoms with van der Waals surface area (Å²) in [5.74, 6) is -0.232. The summed E-state index contributed by atoms with van der Waals surface area (Å²) in [6, 6.07) is 6.63.